The van der Waals surface area contributed by atoms with E-state index in [1.165, 1.54) is 5.69 Å². The highest BCUT2D eigenvalue weighted by Gasteiger charge is 2.09. The Balaban J connectivity index is 0.00000364. The number of nitrogens with zero attached hydrogens (tertiary/aromatic N) is 3. The van der Waals surface area contributed by atoms with Crippen LogP contribution < -0.4 is 15.5 Å². The van der Waals surface area contributed by atoms with Gasteiger partial charge in [-0.05, 0) is 38.4 Å². The number of hydrogen-bond acceptors (Lipinski definition) is 4. The molecule has 0 aliphatic carbocycles. The molecule has 0 radical (unpaired) electrons. The molecule has 6 nitrogen and oxygen atoms in total. The molecule has 2 N–H and O–H groups in total. The zero-order valence-corrected chi connectivity index (χ0v) is 19.2. The van der Waals surface area contributed by atoms with Crippen molar-refractivity contribution in [3.05, 3.63) is 30.3 Å². The molecule has 0 saturated carbocycles. The van der Waals surface area contributed by atoms with Crippen LogP contribution in [0.1, 0.15) is 19.8 Å². The largest absolute Gasteiger partial charge is 0.379 e. The Kier molecular flexibility index (Phi) is 13.3. The van der Waals surface area contributed by atoms with Crippen molar-refractivity contribution in [2.75, 3.05) is 71.0 Å². The van der Waals surface area contributed by atoms with Gasteiger partial charge in [0.2, 0.25) is 0 Å². The summed E-state index contributed by atoms with van der Waals surface area (Å²) in [6.07, 6.45) is 2.16. The molecule has 0 unspecified atom stereocenters. The second kappa shape index (κ2) is 14.9. The van der Waals surface area contributed by atoms with E-state index in [9.17, 15) is 0 Å². The fourth-order valence-electron chi connectivity index (χ4n) is 2.99. The number of hydrogen-bond donors (Lipinski definition) is 2. The van der Waals surface area contributed by atoms with Crippen LogP contribution in [-0.2, 0) is 4.74 Å². The van der Waals surface area contributed by atoms with Crippen LogP contribution in [0.4, 0.5) is 5.69 Å². The number of ether oxygens (including phenoxy) is 1. The van der Waals surface area contributed by atoms with Crippen LogP contribution in [-0.4, -0.2) is 76.9 Å². The van der Waals surface area contributed by atoms with Gasteiger partial charge in [0.1, 0.15) is 0 Å². The van der Waals surface area contributed by atoms with Crippen molar-refractivity contribution in [2.24, 2.45) is 4.99 Å². The smallest absolute Gasteiger partial charge is 0.191 e. The molecule has 27 heavy (non-hydrogen) atoms. The van der Waals surface area contributed by atoms with Crippen molar-refractivity contribution in [3.63, 3.8) is 0 Å². The Morgan fingerprint density at radius 2 is 1.89 bits per heavy atom. The molecule has 1 aromatic carbocycles. The predicted molar refractivity (Wildman–Crippen MR) is 126 cm³/mol. The average molecular weight is 489 g/mol. The molecule has 1 aliphatic rings. The molecule has 1 aliphatic heterocycles. The third-order valence-corrected chi connectivity index (χ3v) is 4.51. The van der Waals surface area contributed by atoms with Crippen molar-refractivity contribution in [1.29, 1.82) is 0 Å². The lowest BCUT2D eigenvalue weighted by atomic mass is 10.3. The van der Waals surface area contributed by atoms with Gasteiger partial charge in [-0.15, -0.1) is 24.0 Å². The van der Waals surface area contributed by atoms with Gasteiger partial charge in [-0.3, -0.25) is 9.89 Å². The van der Waals surface area contributed by atoms with Gasteiger partial charge in [-0.1, -0.05) is 18.2 Å². The third-order valence-electron chi connectivity index (χ3n) is 4.51. The lowest BCUT2D eigenvalue weighted by molar-refractivity contribution is 0.0376. The molecule has 2 rings (SSSR count). The maximum atomic E-state index is 5.39. The van der Waals surface area contributed by atoms with Crippen LogP contribution >= 0.6 is 24.0 Å². The van der Waals surface area contributed by atoms with Crippen molar-refractivity contribution < 1.29 is 4.74 Å². The van der Waals surface area contributed by atoms with E-state index in [1.807, 2.05) is 0 Å². The van der Waals surface area contributed by atoms with Gasteiger partial charge < -0.3 is 20.3 Å². The third kappa shape index (κ3) is 10.2. The molecular formula is C20H36IN5O. The van der Waals surface area contributed by atoms with Crippen molar-refractivity contribution >= 4 is 35.6 Å². The van der Waals surface area contributed by atoms with Gasteiger partial charge in [-0.2, -0.15) is 0 Å². The molecule has 0 atom stereocenters. The highest BCUT2D eigenvalue weighted by atomic mass is 127. The first-order valence-corrected chi connectivity index (χ1v) is 9.88. The van der Waals surface area contributed by atoms with E-state index in [2.05, 4.69) is 64.7 Å². The average Bonchev–Trinajstić information content (AvgIpc) is 2.69. The topological polar surface area (TPSA) is 52.1 Å². The van der Waals surface area contributed by atoms with Crippen LogP contribution in [0.2, 0.25) is 0 Å². The summed E-state index contributed by atoms with van der Waals surface area (Å²) < 4.78 is 5.39. The number of para-hydroxylation sites is 1. The number of morpholine rings is 1. The Labute approximate surface area is 181 Å². The summed E-state index contributed by atoms with van der Waals surface area (Å²) in [6.45, 7) is 10.8. The van der Waals surface area contributed by atoms with E-state index >= 15 is 0 Å². The molecular weight excluding hydrogens is 453 g/mol. The van der Waals surface area contributed by atoms with E-state index in [-0.39, 0.29) is 24.0 Å². The van der Waals surface area contributed by atoms with E-state index in [4.69, 9.17) is 9.73 Å². The Hall–Kier alpha value is -1.06. The fraction of sp³-hybridized carbons (Fsp3) is 0.650. The monoisotopic (exact) mass is 489 g/mol. The number of guanidine groups is 1. The summed E-state index contributed by atoms with van der Waals surface area (Å²) in [5.74, 6) is 0.928. The molecule has 1 saturated heterocycles. The molecule has 1 heterocycles. The van der Waals surface area contributed by atoms with Gasteiger partial charge in [-0.25, -0.2) is 0 Å². The SMILES string of the molecule is CCNC(=NCCCN(C)c1ccccc1)NCCCN1CCOCC1.I. The van der Waals surface area contributed by atoms with Gasteiger partial charge in [0.05, 0.1) is 13.2 Å². The predicted octanol–water partition coefficient (Wildman–Crippen LogP) is 2.41. The van der Waals surface area contributed by atoms with Crippen molar-refractivity contribution in [2.45, 2.75) is 19.8 Å². The van der Waals surface area contributed by atoms with E-state index in [0.717, 1.165) is 77.8 Å². The Morgan fingerprint density at radius 1 is 1.15 bits per heavy atom. The number of benzene rings is 1. The number of rotatable bonds is 10. The normalized spacial score (nSPS) is 15.1. The highest BCUT2D eigenvalue weighted by Crippen LogP contribution is 2.10. The molecule has 1 aromatic rings. The van der Waals surface area contributed by atoms with Crippen molar-refractivity contribution in [1.82, 2.24) is 15.5 Å². The van der Waals surface area contributed by atoms with E-state index in [0.29, 0.717) is 0 Å². The second-order valence-electron chi connectivity index (χ2n) is 6.61. The quantitative estimate of drug-likeness (QED) is 0.229. The zero-order valence-electron chi connectivity index (χ0n) is 16.8. The van der Waals surface area contributed by atoms with Gasteiger partial charge in [0.25, 0.3) is 0 Å². The molecule has 1 fully saturated rings. The van der Waals surface area contributed by atoms with Crippen molar-refractivity contribution in [3.8, 4) is 0 Å². The summed E-state index contributed by atoms with van der Waals surface area (Å²) >= 11 is 0. The van der Waals surface area contributed by atoms with Gasteiger partial charge in [0, 0.05) is 52.0 Å². The summed E-state index contributed by atoms with van der Waals surface area (Å²) in [4.78, 5) is 9.44. The van der Waals surface area contributed by atoms with Crippen LogP contribution in [0.3, 0.4) is 0 Å². The lowest BCUT2D eigenvalue weighted by Crippen LogP contribution is -2.40. The molecule has 0 amide bonds. The standard InChI is InChI=1S/C20H35N5O.HI/c1-3-21-20(23-12-8-14-25-15-17-26-18-16-25)22-11-7-13-24(2)19-9-5-4-6-10-19;/h4-6,9-10H,3,7-8,11-18H2,1-2H3,(H2,21,22,23);1H. The minimum absolute atomic E-state index is 0. The minimum Gasteiger partial charge on any atom is -0.379 e. The lowest BCUT2D eigenvalue weighted by Gasteiger charge is -2.26. The van der Waals surface area contributed by atoms with Crippen LogP contribution in [0.25, 0.3) is 0 Å². The first-order chi connectivity index (χ1) is 12.8. The number of nitrogens with one attached hydrogen (secondary N) is 2. The van der Waals surface area contributed by atoms with Gasteiger partial charge >= 0.3 is 0 Å². The summed E-state index contributed by atoms with van der Waals surface area (Å²) in [7, 11) is 2.13. The number of aliphatic imine (C=N–C) groups is 1. The molecule has 7 heteroatoms. The van der Waals surface area contributed by atoms with Crippen LogP contribution in [0.15, 0.2) is 35.3 Å². The number of anilines is 1. The first kappa shape index (κ1) is 24.0. The summed E-state index contributed by atoms with van der Waals surface area (Å²) in [5, 5.41) is 6.78. The summed E-state index contributed by atoms with van der Waals surface area (Å²) in [5.41, 5.74) is 1.25. The molecule has 0 aromatic heterocycles. The Morgan fingerprint density at radius 3 is 2.59 bits per heavy atom. The second-order valence-corrected chi connectivity index (χ2v) is 6.61. The highest BCUT2D eigenvalue weighted by molar-refractivity contribution is 14.0. The fourth-order valence-corrected chi connectivity index (χ4v) is 2.99. The van der Waals surface area contributed by atoms with Crippen LogP contribution in [0.5, 0.6) is 0 Å². The molecule has 154 valence electrons. The maximum Gasteiger partial charge on any atom is 0.191 e. The van der Waals surface area contributed by atoms with Crippen LogP contribution in [0, 0.1) is 0 Å². The maximum absolute atomic E-state index is 5.39. The van der Waals surface area contributed by atoms with E-state index in [1.54, 1.807) is 0 Å². The molecule has 0 spiro atoms. The Bertz CT molecular complexity index is 508. The summed E-state index contributed by atoms with van der Waals surface area (Å²) in [6, 6.07) is 10.5. The zero-order chi connectivity index (χ0) is 18.5. The van der Waals surface area contributed by atoms with E-state index < -0.39 is 0 Å². The number of halogens is 1. The first-order valence-electron chi connectivity index (χ1n) is 9.88. The van der Waals surface area contributed by atoms with Gasteiger partial charge in [0.15, 0.2) is 5.96 Å². The molecule has 0 bridgehead atoms. The minimum atomic E-state index is 0.